The van der Waals surface area contributed by atoms with Gasteiger partial charge >= 0.3 is 5.97 Å². The van der Waals surface area contributed by atoms with Gasteiger partial charge in [-0.25, -0.2) is 4.79 Å². The SMILES string of the molecule is CCN1C(=O)COC(C(=O)O)C1c1cccc(Br)c1. The van der Waals surface area contributed by atoms with E-state index in [1.807, 2.05) is 25.1 Å². The van der Waals surface area contributed by atoms with Crippen LogP contribution in [-0.2, 0) is 14.3 Å². The Kier molecular flexibility index (Phi) is 4.21. The second kappa shape index (κ2) is 5.71. The summed E-state index contributed by atoms with van der Waals surface area (Å²) in [6.45, 7) is 2.09. The van der Waals surface area contributed by atoms with E-state index in [1.165, 1.54) is 0 Å². The highest BCUT2D eigenvalue weighted by atomic mass is 79.9. The minimum atomic E-state index is -1.06. The molecule has 0 saturated carbocycles. The highest BCUT2D eigenvalue weighted by molar-refractivity contribution is 9.10. The average molecular weight is 328 g/mol. The normalized spacial score (nSPS) is 23.5. The number of carboxylic acids is 1. The first-order valence-corrected chi connectivity index (χ1v) is 6.73. The molecule has 1 aliphatic heterocycles. The molecule has 1 amide bonds. The van der Waals surface area contributed by atoms with Gasteiger partial charge in [-0.2, -0.15) is 0 Å². The van der Waals surface area contributed by atoms with Crippen molar-refractivity contribution in [1.82, 2.24) is 4.90 Å². The summed E-state index contributed by atoms with van der Waals surface area (Å²) >= 11 is 3.35. The number of likely N-dealkylation sites (N-methyl/N-ethyl adjacent to an activating group) is 1. The second-order valence-corrected chi connectivity index (χ2v) is 5.17. The fourth-order valence-corrected chi connectivity index (χ4v) is 2.70. The summed E-state index contributed by atoms with van der Waals surface area (Å²) in [4.78, 5) is 24.7. The van der Waals surface area contributed by atoms with Crippen LogP contribution in [0.25, 0.3) is 0 Å². The maximum absolute atomic E-state index is 11.9. The van der Waals surface area contributed by atoms with Gasteiger partial charge in [-0.15, -0.1) is 0 Å². The molecule has 1 saturated heterocycles. The Morgan fingerprint density at radius 3 is 2.89 bits per heavy atom. The summed E-state index contributed by atoms with van der Waals surface area (Å²) in [5, 5.41) is 9.26. The van der Waals surface area contributed by atoms with Crippen molar-refractivity contribution in [3.63, 3.8) is 0 Å². The molecule has 0 spiro atoms. The van der Waals surface area contributed by atoms with Gasteiger partial charge < -0.3 is 14.7 Å². The molecule has 0 bridgehead atoms. The molecule has 5 nitrogen and oxygen atoms in total. The number of carbonyl (C=O) groups excluding carboxylic acids is 1. The molecule has 2 rings (SSSR count). The Labute approximate surface area is 119 Å². The van der Waals surface area contributed by atoms with Crippen LogP contribution in [0.2, 0.25) is 0 Å². The minimum absolute atomic E-state index is 0.185. The van der Waals surface area contributed by atoms with E-state index in [0.29, 0.717) is 6.54 Å². The first-order chi connectivity index (χ1) is 9.04. The third kappa shape index (κ3) is 2.79. The molecule has 1 fully saturated rings. The molecule has 1 N–H and O–H groups in total. The predicted octanol–water partition coefficient (Wildman–Crippen LogP) is 1.82. The first kappa shape index (κ1) is 14.0. The number of halogens is 1. The van der Waals surface area contributed by atoms with E-state index in [-0.39, 0.29) is 12.5 Å². The van der Waals surface area contributed by atoms with E-state index in [0.717, 1.165) is 10.0 Å². The van der Waals surface area contributed by atoms with Crippen molar-refractivity contribution in [1.29, 1.82) is 0 Å². The minimum Gasteiger partial charge on any atom is -0.479 e. The van der Waals surface area contributed by atoms with Gasteiger partial charge in [0.05, 0.1) is 6.04 Å². The molecule has 6 heteroatoms. The summed E-state index contributed by atoms with van der Waals surface area (Å²) in [5.74, 6) is -1.25. The lowest BCUT2D eigenvalue weighted by Gasteiger charge is -2.39. The molecule has 0 aliphatic carbocycles. The molecular weight excluding hydrogens is 314 g/mol. The van der Waals surface area contributed by atoms with Gasteiger partial charge in [-0.05, 0) is 24.6 Å². The van der Waals surface area contributed by atoms with Crippen LogP contribution in [0.1, 0.15) is 18.5 Å². The zero-order valence-corrected chi connectivity index (χ0v) is 12.0. The first-order valence-electron chi connectivity index (χ1n) is 5.94. The molecule has 1 aliphatic rings. The van der Waals surface area contributed by atoms with Crippen LogP contribution in [-0.4, -0.2) is 41.1 Å². The van der Waals surface area contributed by atoms with Gasteiger partial charge in [0.25, 0.3) is 0 Å². The third-order valence-corrected chi connectivity index (χ3v) is 3.60. The summed E-state index contributed by atoms with van der Waals surface area (Å²) < 4.78 is 6.02. The fourth-order valence-electron chi connectivity index (χ4n) is 2.28. The number of nitrogens with zero attached hydrogens (tertiary/aromatic N) is 1. The van der Waals surface area contributed by atoms with Crippen LogP contribution < -0.4 is 0 Å². The lowest BCUT2D eigenvalue weighted by molar-refractivity contribution is -0.172. The molecule has 1 aromatic rings. The van der Waals surface area contributed by atoms with Gasteiger partial charge in [0.2, 0.25) is 5.91 Å². The Morgan fingerprint density at radius 1 is 1.58 bits per heavy atom. The van der Waals surface area contributed by atoms with Crippen molar-refractivity contribution in [2.45, 2.75) is 19.1 Å². The highest BCUT2D eigenvalue weighted by Crippen LogP contribution is 2.31. The number of hydrogen-bond acceptors (Lipinski definition) is 3. The lowest BCUT2D eigenvalue weighted by atomic mass is 9.98. The molecule has 1 aromatic carbocycles. The molecule has 19 heavy (non-hydrogen) atoms. The molecule has 2 atom stereocenters. The second-order valence-electron chi connectivity index (χ2n) is 4.25. The monoisotopic (exact) mass is 327 g/mol. The smallest absolute Gasteiger partial charge is 0.335 e. The molecule has 2 unspecified atom stereocenters. The van der Waals surface area contributed by atoms with E-state index in [4.69, 9.17) is 4.74 Å². The zero-order valence-electron chi connectivity index (χ0n) is 10.4. The number of carboxylic acid groups (broad SMARTS) is 1. The van der Waals surface area contributed by atoms with Crippen molar-refractivity contribution in [3.05, 3.63) is 34.3 Å². The number of rotatable bonds is 3. The van der Waals surface area contributed by atoms with Crippen molar-refractivity contribution in [2.75, 3.05) is 13.2 Å². The van der Waals surface area contributed by atoms with E-state index in [1.54, 1.807) is 11.0 Å². The number of hydrogen-bond donors (Lipinski definition) is 1. The summed E-state index contributed by atoms with van der Waals surface area (Å²) in [5.41, 5.74) is 0.747. The van der Waals surface area contributed by atoms with Crippen LogP contribution in [0.5, 0.6) is 0 Å². The molecule has 0 aromatic heterocycles. The lowest BCUT2D eigenvalue weighted by Crippen LogP contribution is -2.51. The zero-order chi connectivity index (χ0) is 14.0. The topological polar surface area (TPSA) is 66.8 Å². The molecule has 1 heterocycles. The van der Waals surface area contributed by atoms with Crippen LogP contribution in [0.4, 0.5) is 0 Å². The number of morpholine rings is 1. The van der Waals surface area contributed by atoms with Gasteiger partial charge in [-0.3, -0.25) is 4.79 Å². The average Bonchev–Trinajstić information content (AvgIpc) is 2.37. The Morgan fingerprint density at radius 2 is 2.32 bits per heavy atom. The third-order valence-electron chi connectivity index (χ3n) is 3.10. The number of ether oxygens (including phenoxy) is 1. The van der Waals surface area contributed by atoms with E-state index in [2.05, 4.69) is 15.9 Å². The van der Waals surface area contributed by atoms with Crippen molar-refractivity contribution >= 4 is 27.8 Å². The van der Waals surface area contributed by atoms with E-state index >= 15 is 0 Å². The summed E-state index contributed by atoms with van der Waals surface area (Å²) in [7, 11) is 0. The Balaban J connectivity index is 2.44. The quantitative estimate of drug-likeness (QED) is 0.919. The van der Waals surface area contributed by atoms with Crippen LogP contribution in [0.3, 0.4) is 0 Å². The number of amides is 1. The molecule has 102 valence electrons. The van der Waals surface area contributed by atoms with Crippen molar-refractivity contribution in [2.24, 2.45) is 0 Å². The fraction of sp³-hybridized carbons (Fsp3) is 0.385. The van der Waals surface area contributed by atoms with E-state index in [9.17, 15) is 14.7 Å². The molecule has 0 radical (unpaired) electrons. The Bertz CT molecular complexity index is 503. The number of carbonyl (C=O) groups is 2. The maximum Gasteiger partial charge on any atom is 0.335 e. The van der Waals surface area contributed by atoms with Crippen LogP contribution in [0, 0.1) is 0 Å². The summed E-state index contributed by atoms with van der Waals surface area (Å²) in [6, 6.07) is 6.68. The van der Waals surface area contributed by atoms with E-state index < -0.39 is 18.1 Å². The maximum atomic E-state index is 11.9. The van der Waals surface area contributed by atoms with Gasteiger partial charge in [0.15, 0.2) is 6.10 Å². The van der Waals surface area contributed by atoms with Crippen LogP contribution in [0.15, 0.2) is 28.7 Å². The van der Waals surface area contributed by atoms with Crippen molar-refractivity contribution < 1.29 is 19.4 Å². The number of benzene rings is 1. The highest BCUT2D eigenvalue weighted by Gasteiger charge is 2.41. The summed E-state index contributed by atoms with van der Waals surface area (Å²) in [6.07, 6.45) is -1.04. The largest absolute Gasteiger partial charge is 0.479 e. The Hall–Kier alpha value is -1.40. The van der Waals surface area contributed by atoms with Crippen molar-refractivity contribution in [3.8, 4) is 0 Å². The predicted molar refractivity (Wildman–Crippen MR) is 71.6 cm³/mol. The van der Waals surface area contributed by atoms with Gasteiger partial charge in [0.1, 0.15) is 6.61 Å². The van der Waals surface area contributed by atoms with Gasteiger partial charge in [0, 0.05) is 11.0 Å². The van der Waals surface area contributed by atoms with Gasteiger partial charge in [-0.1, -0.05) is 28.1 Å². The molecular formula is C13H14BrNO4. The van der Waals surface area contributed by atoms with Crippen LogP contribution >= 0.6 is 15.9 Å². The number of aliphatic carboxylic acids is 1. The standard InChI is InChI=1S/C13H14BrNO4/c1-2-15-10(16)7-19-12(13(17)18)11(15)8-4-3-5-9(14)6-8/h3-6,11-12H,2,7H2,1H3,(H,17,18).